The normalized spacial score (nSPS) is 16.0. The molecule has 2 aromatic heterocycles. The Balaban J connectivity index is 0.000000804. The molecule has 2 aliphatic rings. The van der Waals surface area contributed by atoms with Crippen LogP contribution in [0.25, 0.3) is 22.3 Å². The van der Waals surface area contributed by atoms with Crippen LogP contribution in [-0.4, -0.2) is 23.1 Å². The lowest BCUT2D eigenvalue weighted by molar-refractivity contribution is 0.134. The Labute approximate surface area is 273 Å². The first kappa shape index (κ1) is 37.8. The first-order chi connectivity index (χ1) is 21.7. The number of benzene rings is 1. The Morgan fingerprint density at radius 2 is 1.80 bits per heavy atom. The maximum Gasteiger partial charge on any atom is 0.225 e. The predicted molar refractivity (Wildman–Crippen MR) is 187 cm³/mol. The summed E-state index contributed by atoms with van der Waals surface area (Å²) in [6.45, 7) is 22.1. The highest BCUT2D eigenvalue weighted by Gasteiger charge is 2.33. The van der Waals surface area contributed by atoms with Crippen molar-refractivity contribution in [2.24, 2.45) is 5.92 Å². The molecule has 1 aromatic carbocycles. The Morgan fingerprint density at radius 3 is 2.33 bits per heavy atom. The summed E-state index contributed by atoms with van der Waals surface area (Å²) in [5, 5.41) is 10.8. The number of nitrogens with zero attached hydrogens (tertiary/aromatic N) is 4. The first-order valence-corrected chi connectivity index (χ1v) is 17.2. The van der Waals surface area contributed by atoms with Crippen molar-refractivity contribution in [2.75, 3.05) is 23.7 Å². The van der Waals surface area contributed by atoms with Crippen LogP contribution in [0, 0.1) is 23.1 Å². The van der Waals surface area contributed by atoms with Gasteiger partial charge in [0.1, 0.15) is 22.4 Å². The van der Waals surface area contributed by atoms with E-state index in [0.29, 0.717) is 52.5 Å². The average Bonchev–Trinajstić information content (AvgIpc) is 3.82. The van der Waals surface area contributed by atoms with Gasteiger partial charge in [0.25, 0.3) is 0 Å². The largest absolute Gasteiger partial charge is 0.389 e. The molecule has 0 saturated carbocycles. The smallest absolute Gasteiger partial charge is 0.225 e. The predicted octanol–water partition coefficient (Wildman–Crippen LogP) is 10.6. The molecule has 2 N–H and O–H groups in total. The second-order valence-corrected chi connectivity index (χ2v) is 11.8. The Hall–Kier alpha value is -3.35. The number of halogens is 2. The lowest BCUT2D eigenvalue weighted by Gasteiger charge is -2.20. The van der Waals surface area contributed by atoms with Gasteiger partial charge in [0.15, 0.2) is 5.82 Å². The van der Waals surface area contributed by atoms with E-state index in [0.717, 1.165) is 42.0 Å². The van der Waals surface area contributed by atoms with Crippen LogP contribution in [-0.2, 0) is 18.0 Å². The number of nitrogens with two attached hydrogens (primary N) is 1. The lowest BCUT2D eigenvalue weighted by atomic mass is 9.85. The zero-order chi connectivity index (χ0) is 33.8. The zero-order valence-corrected chi connectivity index (χ0v) is 29.6. The third-order valence-corrected chi connectivity index (χ3v) is 8.90. The number of aromatic nitrogens is 2. The fourth-order valence-corrected chi connectivity index (χ4v) is 6.25. The number of rotatable bonds is 6. The monoisotopic (exact) mass is 639 g/mol. The molecule has 0 bridgehead atoms. The molecule has 0 amide bonds. The van der Waals surface area contributed by atoms with E-state index in [-0.39, 0.29) is 27.6 Å². The van der Waals surface area contributed by atoms with Crippen LogP contribution in [0.4, 0.5) is 19.7 Å². The van der Waals surface area contributed by atoms with E-state index < -0.39 is 11.6 Å². The van der Waals surface area contributed by atoms with Gasteiger partial charge in [-0.25, -0.2) is 18.7 Å². The topological polar surface area (TPSA) is 88.1 Å². The number of nitrogen functional groups attached to an aromatic ring is 1. The minimum absolute atomic E-state index is 0.154. The van der Waals surface area contributed by atoms with E-state index in [4.69, 9.17) is 15.5 Å². The summed E-state index contributed by atoms with van der Waals surface area (Å²) in [6.07, 6.45) is 7.26. The number of anilines is 2. The maximum atomic E-state index is 16.7. The van der Waals surface area contributed by atoms with Crippen LogP contribution in [0.15, 0.2) is 17.8 Å². The molecule has 0 radical (unpaired) electrons. The Morgan fingerprint density at radius 1 is 1.16 bits per heavy atom. The lowest BCUT2D eigenvalue weighted by Crippen LogP contribution is -2.21. The van der Waals surface area contributed by atoms with Crippen LogP contribution in [0.2, 0.25) is 0 Å². The molecule has 0 aliphatic carbocycles. The first-order valence-electron chi connectivity index (χ1n) is 16.4. The third kappa shape index (κ3) is 7.90. The van der Waals surface area contributed by atoms with Gasteiger partial charge >= 0.3 is 0 Å². The summed E-state index contributed by atoms with van der Waals surface area (Å²) in [5.41, 5.74) is 9.97. The summed E-state index contributed by atoms with van der Waals surface area (Å²) < 4.78 is 37.7. The van der Waals surface area contributed by atoms with Gasteiger partial charge in [-0.1, -0.05) is 79.9 Å². The molecule has 4 heterocycles. The zero-order valence-electron chi connectivity index (χ0n) is 28.8. The molecule has 1 unspecified atom stereocenters. The highest BCUT2D eigenvalue weighted by molar-refractivity contribution is 7.17. The summed E-state index contributed by atoms with van der Waals surface area (Å²) in [7, 11) is 0. The minimum Gasteiger partial charge on any atom is -0.389 e. The second kappa shape index (κ2) is 18.0. The molecular weight excluding hydrogens is 588 g/mol. The van der Waals surface area contributed by atoms with Crippen molar-refractivity contribution in [1.29, 1.82) is 5.26 Å². The molecule has 2 aliphatic heterocycles. The minimum atomic E-state index is -0.515. The number of hydrogen-bond acceptors (Lipinski definition) is 7. The second-order valence-electron chi connectivity index (χ2n) is 10.7. The van der Waals surface area contributed by atoms with Crippen molar-refractivity contribution >= 4 is 44.6 Å². The number of fused-ring (bicyclic) bond motifs is 3. The molecule has 5 rings (SSSR count). The SMILES string of the molecule is C/C=C(/F)c1sc(N)c(C#N)c1/C(=C(\C)CC)c1c2c(c3cnc(N4CCC(C)C4)nc3c1F)COC2.CC.CC.CCCC. The van der Waals surface area contributed by atoms with Gasteiger partial charge in [-0.05, 0) is 49.3 Å². The Bertz CT molecular complexity index is 1550. The van der Waals surface area contributed by atoms with Crippen LogP contribution >= 0.6 is 11.3 Å². The van der Waals surface area contributed by atoms with Gasteiger partial charge in [0.2, 0.25) is 5.95 Å². The van der Waals surface area contributed by atoms with Crippen molar-refractivity contribution in [3.63, 3.8) is 0 Å². The quantitative estimate of drug-likeness (QED) is 0.289. The molecule has 0 spiro atoms. The Kier molecular flexibility index (Phi) is 15.1. The van der Waals surface area contributed by atoms with Crippen molar-refractivity contribution in [2.45, 2.75) is 108 Å². The molecule has 6 nitrogen and oxygen atoms in total. The van der Waals surface area contributed by atoms with E-state index in [1.807, 2.05) is 41.5 Å². The number of thiophene rings is 1. The van der Waals surface area contributed by atoms with Gasteiger partial charge < -0.3 is 15.4 Å². The molecule has 1 fully saturated rings. The summed E-state index contributed by atoms with van der Waals surface area (Å²) in [4.78, 5) is 11.6. The summed E-state index contributed by atoms with van der Waals surface area (Å²) >= 11 is 1.00. The molecule has 1 atom stereocenters. The van der Waals surface area contributed by atoms with Crippen molar-refractivity contribution in [1.82, 2.24) is 9.97 Å². The molecular formula is C36H51F2N5OS. The number of allylic oxidation sites excluding steroid dienone is 2. The number of hydrogen-bond donors (Lipinski definition) is 1. The highest BCUT2D eigenvalue weighted by Crippen LogP contribution is 2.47. The molecule has 246 valence electrons. The number of unbranched alkanes of at least 4 members (excludes halogenated alkanes) is 1. The van der Waals surface area contributed by atoms with Gasteiger partial charge in [-0.2, -0.15) is 5.26 Å². The molecule has 45 heavy (non-hydrogen) atoms. The van der Waals surface area contributed by atoms with E-state index >= 15 is 8.78 Å². The average molecular weight is 640 g/mol. The standard InChI is InChI=1S/C28H29F2N5OS.C4H10.2C2H6/c1-5-15(4)21(23-16(9-31)27(32)37-26(23)20(29)6-2)22-19-13-36-12-18(19)17-10-33-28(34-25(17)24(22)30)35-8-7-14(3)11-35;1-3-4-2;2*1-2/h6,10,14H,5,7-8,11-13,32H2,1-4H3;3-4H2,1-2H3;2*1-2H3/b20-6+,21-15+;;;. The van der Waals surface area contributed by atoms with Crippen LogP contribution in [0.5, 0.6) is 0 Å². The van der Waals surface area contributed by atoms with E-state index in [2.05, 4.69) is 36.7 Å². The highest BCUT2D eigenvalue weighted by atomic mass is 32.1. The summed E-state index contributed by atoms with van der Waals surface area (Å²) in [6, 6.07) is 2.14. The van der Waals surface area contributed by atoms with Crippen LogP contribution < -0.4 is 10.6 Å². The maximum absolute atomic E-state index is 16.7. The fourth-order valence-electron chi connectivity index (χ4n) is 5.26. The number of nitriles is 1. The van der Waals surface area contributed by atoms with Gasteiger partial charge in [-0.15, -0.1) is 11.3 Å². The van der Waals surface area contributed by atoms with E-state index in [9.17, 15) is 5.26 Å². The van der Waals surface area contributed by atoms with Gasteiger partial charge in [0.05, 0.1) is 23.7 Å². The van der Waals surface area contributed by atoms with E-state index in [1.165, 1.54) is 18.9 Å². The van der Waals surface area contributed by atoms with Crippen molar-refractivity contribution in [3.05, 3.63) is 56.4 Å². The van der Waals surface area contributed by atoms with Gasteiger partial charge in [-0.3, -0.25) is 0 Å². The molecule has 3 aromatic rings. The summed E-state index contributed by atoms with van der Waals surface area (Å²) in [5.74, 6) is -0.00499. The van der Waals surface area contributed by atoms with Gasteiger partial charge in [0, 0.05) is 35.8 Å². The van der Waals surface area contributed by atoms with Crippen molar-refractivity contribution in [3.8, 4) is 6.07 Å². The molecule has 9 heteroatoms. The molecule has 1 saturated heterocycles. The fraction of sp³-hybridized carbons (Fsp3) is 0.528. The van der Waals surface area contributed by atoms with E-state index in [1.54, 1.807) is 13.1 Å². The third-order valence-electron chi connectivity index (χ3n) is 7.87. The van der Waals surface area contributed by atoms with Crippen LogP contribution in [0.3, 0.4) is 0 Å². The van der Waals surface area contributed by atoms with Crippen LogP contribution in [0.1, 0.15) is 128 Å². The van der Waals surface area contributed by atoms with Crippen molar-refractivity contribution < 1.29 is 13.5 Å². The number of ether oxygens (including phenoxy) is 1.